The highest BCUT2D eigenvalue weighted by Crippen LogP contribution is 2.29. The van der Waals surface area contributed by atoms with Gasteiger partial charge in [0.25, 0.3) is 5.91 Å². The summed E-state index contributed by atoms with van der Waals surface area (Å²) in [5.41, 5.74) is 5.34. The molecule has 0 bridgehead atoms. The molecular weight excluding hydrogens is 348 g/mol. The lowest BCUT2D eigenvalue weighted by Crippen LogP contribution is -2.38. The van der Waals surface area contributed by atoms with Crippen molar-refractivity contribution in [3.63, 3.8) is 0 Å². The van der Waals surface area contributed by atoms with Crippen LogP contribution in [0.3, 0.4) is 0 Å². The van der Waals surface area contributed by atoms with E-state index in [9.17, 15) is 4.79 Å². The summed E-state index contributed by atoms with van der Waals surface area (Å²) in [6.45, 7) is 11.1. The molecule has 0 aliphatic rings. The quantitative estimate of drug-likeness (QED) is 0.610. The van der Waals surface area contributed by atoms with Crippen LogP contribution in [0.5, 0.6) is 0 Å². The smallest absolute Gasteiger partial charge is 0.254 e. The molecular formula is C23H28N4O. The van der Waals surface area contributed by atoms with Gasteiger partial charge in [0, 0.05) is 35.9 Å². The van der Waals surface area contributed by atoms with Crippen molar-refractivity contribution in [3.05, 3.63) is 53.6 Å². The first kappa shape index (κ1) is 19.9. The number of amides is 1. The van der Waals surface area contributed by atoms with Gasteiger partial charge in [-0.05, 0) is 51.3 Å². The Morgan fingerprint density at radius 2 is 1.86 bits per heavy atom. The third-order valence-electron chi connectivity index (χ3n) is 5.43. The number of hydrogen-bond acceptors (Lipinski definition) is 4. The number of fused-ring (bicyclic) bond motifs is 1. The SMILES string of the molecule is CCCC(C)N(CC)C(=O)c1cc(-c2cncnc2)nc2c(C)c(C)ccc12. The number of rotatable bonds is 6. The fourth-order valence-electron chi connectivity index (χ4n) is 3.67. The Balaban J connectivity index is 2.22. The van der Waals surface area contributed by atoms with E-state index in [-0.39, 0.29) is 11.9 Å². The Bertz CT molecular complexity index is 985. The molecule has 0 saturated carbocycles. The lowest BCUT2D eigenvalue weighted by atomic mass is 9.98. The van der Waals surface area contributed by atoms with E-state index in [1.54, 1.807) is 12.4 Å². The van der Waals surface area contributed by atoms with Crippen LogP contribution in [0.2, 0.25) is 0 Å². The molecule has 1 atom stereocenters. The van der Waals surface area contributed by atoms with Gasteiger partial charge in [-0.3, -0.25) is 4.79 Å². The number of hydrogen-bond donors (Lipinski definition) is 0. The second-order valence-corrected chi connectivity index (χ2v) is 7.31. The molecule has 0 radical (unpaired) electrons. The van der Waals surface area contributed by atoms with E-state index in [4.69, 9.17) is 4.98 Å². The number of nitrogens with zero attached hydrogens (tertiary/aromatic N) is 4. The van der Waals surface area contributed by atoms with E-state index in [0.717, 1.165) is 46.1 Å². The van der Waals surface area contributed by atoms with Crippen molar-refractivity contribution >= 4 is 16.8 Å². The predicted molar refractivity (Wildman–Crippen MR) is 113 cm³/mol. The Morgan fingerprint density at radius 3 is 2.50 bits per heavy atom. The van der Waals surface area contributed by atoms with Crippen LogP contribution in [-0.4, -0.2) is 38.3 Å². The Labute approximate surface area is 166 Å². The highest BCUT2D eigenvalue weighted by molar-refractivity contribution is 6.08. The zero-order chi connectivity index (χ0) is 20.3. The molecule has 28 heavy (non-hydrogen) atoms. The van der Waals surface area contributed by atoms with Crippen molar-refractivity contribution in [2.24, 2.45) is 0 Å². The molecule has 5 nitrogen and oxygen atoms in total. The maximum Gasteiger partial charge on any atom is 0.254 e. The van der Waals surface area contributed by atoms with Gasteiger partial charge in [-0.15, -0.1) is 0 Å². The van der Waals surface area contributed by atoms with E-state index < -0.39 is 0 Å². The van der Waals surface area contributed by atoms with Crippen LogP contribution >= 0.6 is 0 Å². The van der Waals surface area contributed by atoms with Gasteiger partial charge in [0.05, 0.1) is 16.8 Å². The first-order valence-electron chi connectivity index (χ1n) is 9.95. The molecule has 5 heteroatoms. The minimum Gasteiger partial charge on any atom is -0.336 e. The third-order valence-corrected chi connectivity index (χ3v) is 5.43. The molecule has 0 aliphatic carbocycles. The summed E-state index contributed by atoms with van der Waals surface area (Å²) in [6.07, 6.45) is 7.00. The minimum absolute atomic E-state index is 0.0530. The summed E-state index contributed by atoms with van der Waals surface area (Å²) < 4.78 is 0. The van der Waals surface area contributed by atoms with Crippen LogP contribution in [0, 0.1) is 13.8 Å². The molecule has 0 aliphatic heterocycles. The highest BCUT2D eigenvalue weighted by Gasteiger charge is 2.23. The monoisotopic (exact) mass is 376 g/mol. The van der Waals surface area contributed by atoms with E-state index >= 15 is 0 Å². The number of aryl methyl sites for hydroxylation is 2. The number of carbonyl (C=O) groups excluding carboxylic acids is 1. The molecule has 0 spiro atoms. The van der Waals surface area contributed by atoms with Gasteiger partial charge in [-0.2, -0.15) is 0 Å². The van der Waals surface area contributed by atoms with Gasteiger partial charge in [0.2, 0.25) is 0 Å². The van der Waals surface area contributed by atoms with Crippen molar-refractivity contribution < 1.29 is 4.79 Å². The summed E-state index contributed by atoms with van der Waals surface area (Å²) in [5.74, 6) is 0.0530. The van der Waals surface area contributed by atoms with Gasteiger partial charge in [-0.1, -0.05) is 25.5 Å². The van der Waals surface area contributed by atoms with Crippen molar-refractivity contribution in [3.8, 4) is 11.3 Å². The molecule has 0 saturated heterocycles. The van der Waals surface area contributed by atoms with Gasteiger partial charge >= 0.3 is 0 Å². The zero-order valence-electron chi connectivity index (χ0n) is 17.4. The van der Waals surface area contributed by atoms with Gasteiger partial charge in [-0.25, -0.2) is 15.0 Å². The van der Waals surface area contributed by atoms with Crippen LogP contribution < -0.4 is 0 Å². The maximum absolute atomic E-state index is 13.6. The largest absolute Gasteiger partial charge is 0.336 e. The fraction of sp³-hybridized carbons (Fsp3) is 0.391. The molecule has 0 fully saturated rings. The molecule has 1 amide bonds. The second-order valence-electron chi connectivity index (χ2n) is 7.31. The normalized spacial score (nSPS) is 12.2. The van der Waals surface area contributed by atoms with Gasteiger partial charge < -0.3 is 4.90 Å². The standard InChI is InChI=1S/C23H28N4O/c1-6-8-16(4)27(7-2)23(28)20-11-21(18-12-24-14-25-13-18)26-22-17(5)15(3)9-10-19(20)22/h9-14,16H,6-8H2,1-5H3. The molecule has 0 N–H and O–H groups in total. The molecule has 2 aromatic heterocycles. The Hall–Kier alpha value is -2.82. The minimum atomic E-state index is 0.0530. The summed E-state index contributed by atoms with van der Waals surface area (Å²) in [7, 11) is 0. The van der Waals surface area contributed by atoms with Crippen molar-refractivity contribution in [1.29, 1.82) is 0 Å². The topological polar surface area (TPSA) is 59.0 Å². The number of carbonyl (C=O) groups is 1. The fourth-order valence-corrected chi connectivity index (χ4v) is 3.67. The van der Waals surface area contributed by atoms with E-state index in [0.29, 0.717) is 12.1 Å². The van der Waals surface area contributed by atoms with Crippen molar-refractivity contribution in [1.82, 2.24) is 19.9 Å². The molecule has 1 aromatic carbocycles. The first-order valence-corrected chi connectivity index (χ1v) is 9.95. The van der Waals surface area contributed by atoms with E-state index in [1.165, 1.54) is 6.33 Å². The van der Waals surface area contributed by atoms with Crippen LogP contribution in [0.4, 0.5) is 0 Å². The summed E-state index contributed by atoms with van der Waals surface area (Å²) in [6, 6.07) is 6.16. The average Bonchev–Trinajstić information content (AvgIpc) is 2.71. The summed E-state index contributed by atoms with van der Waals surface area (Å²) in [4.78, 5) is 28.6. The first-order chi connectivity index (χ1) is 13.5. The van der Waals surface area contributed by atoms with Crippen LogP contribution in [0.1, 0.15) is 55.1 Å². The third kappa shape index (κ3) is 3.75. The van der Waals surface area contributed by atoms with Crippen molar-refractivity contribution in [2.45, 2.75) is 53.5 Å². The number of benzene rings is 1. The summed E-state index contributed by atoms with van der Waals surface area (Å²) in [5, 5.41) is 0.899. The second kappa shape index (κ2) is 8.46. The summed E-state index contributed by atoms with van der Waals surface area (Å²) >= 11 is 0. The Morgan fingerprint density at radius 1 is 1.14 bits per heavy atom. The van der Waals surface area contributed by atoms with E-state index in [1.807, 2.05) is 24.0 Å². The lowest BCUT2D eigenvalue weighted by molar-refractivity contribution is 0.0697. The predicted octanol–water partition coefficient (Wildman–Crippen LogP) is 4.96. The number of pyridine rings is 1. The lowest BCUT2D eigenvalue weighted by Gasteiger charge is -2.28. The molecule has 1 unspecified atom stereocenters. The molecule has 146 valence electrons. The van der Waals surface area contributed by atoms with Crippen LogP contribution in [-0.2, 0) is 0 Å². The van der Waals surface area contributed by atoms with Crippen LogP contribution in [0.25, 0.3) is 22.2 Å². The van der Waals surface area contributed by atoms with Gasteiger partial charge in [0.15, 0.2) is 0 Å². The van der Waals surface area contributed by atoms with E-state index in [2.05, 4.69) is 43.7 Å². The molecule has 2 heterocycles. The Kier molecular flexibility index (Phi) is 6.02. The number of aromatic nitrogens is 3. The van der Waals surface area contributed by atoms with Crippen molar-refractivity contribution in [2.75, 3.05) is 6.54 Å². The van der Waals surface area contributed by atoms with Gasteiger partial charge in [0.1, 0.15) is 6.33 Å². The average molecular weight is 377 g/mol. The molecule has 3 aromatic rings. The zero-order valence-corrected chi connectivity index (χ0v) is 17.4. The highest BCUT2D eigenvalue weighted by atomic mass is 16.2. The maximum atomic E-state index is 13.6. The van der Waals surface area contributed by atoms with Crippen LogP contribution in [0.15, 0.2) is 36.9 Å². The molecule has 3 rings (SSSR count).